The van der Waals surface area contributed by atoms with Crippen LogP contribution in [0, 0.1) is 6.92 Å². The molecule has 18 heavy (non-hydrogen) atoms. The van der Waals surface area contributed by atoms with E-state index in [1.165, 1.54) is 32.1 Å². The van der Waals surface area contributed by atoms with Gasteiger partial charge in [0, 0.05) is 18.3 Å². The Labute approximate surface area is 110 Å². The first-order valence-corrected chi connectivity index (χ1v) is 7.10. The van der Waals surface area contributed by atoms with Crippen LogP contribution in [0.25, 0.3) is 0 Å². The molecule has 3 heteroatoms. The Morgan fingerprint density at radius 2 is 2.17 bits per heavy atom. The quantitative estimate of drug-likeness (QED) is 0.892. The van der Waals surface area contributed by atoms with Crippen molar-refractivity contribution >= 4 is 0 Å². The highest BCUT2D eigenvalue weighted by molar-refractivity contribution is 5.27. The van der Waals surface area contributed by atoms with Gasteiger partial charge in [0.05, 0.1) is 5.69 Å². The van der Waals surface area contributed by atoms with Gasteiger partial charge in [-0.3, -0.25) is 9.88 Å². The third kappa shape index (κ3) is 3.22. The fraction of sp³-hybridized carbons (Fsp3) is 0.667. The van der Waals surface area contributed by atoms with Crippen LogP contribution < -0.4 is 0 Å². The molecule has 1 aliphatic rings. The molecule has 2 rings (SSSR count). The van der Waals surface area contributed by atoms with Crippen LogP contribution in [-0.2, 0) is 6.54 Å². The number of likely N-dealkylation sites (tertiary alicyclic amines) is 1. The first kappa shape index (κ1) is 13.3. The van der Waals surface area contributed by atoms with Gasteiger partial charge in [-0.2, -0.15) is 0 Å². The van der Waals surface area contributed by atoms with Crippen LogP contribution in [-0.4, -0.2) is 27.6 Å². The molecule has 0 aliphatic carbocycles. The fourth-order valence-electron chi connectivity index (χ4n) is 2.82. The average molecular weight is 248 g/mol. The van der Waals surface area contributed by atoms with Crippen LogP contribution >= 0.6 is 0 Å². The number of rotatable bonds is 3. The molecule has 0 spiro atoms. The van der Waals surface area contributed by atoms with Gasteiger partial charge in [0.25, 0.3) is 0 Å². The maximum Gasteiger partial charge on any atom is 0.138 e. The summed E-state index contributed by atoms with van der Waals surface area (Å²) in [5, 5.41) is 9.91. The van der Waals surface area contributed by atoms with Crippen LogP contribution in [0.3, 0.4) is 0 Å². The zero-order valence-corrected chi connectivity index (χ0v) is 11.5. The third-order valence-electron chi connectivity index (χ3n) is 3.91. The van der Waals surface area contributed by atoms with Crippen molar-refractivity contribution < 1.29 is 5.11 Å². The van der Waals surface area contributed by atoms with E-state index in [-0.39, 0.29) is 0 Å². The van der Waals surface area contributed by atoms with E-state index in [9.17, 15) is 5.11 Å². The highest BCUT2D eigenvalue weighted by atomic mass is 16.3. The van der Waals surface area contributed by atoms with E-state index in [2.05, 4.69) is 16.8 Å². The molecule has 0 saturated carbocycles. The Hall–Kier alpha value is -1.09. The Bertz CT molecular complexity index is 392. The minimum Gasteiger partial charge on any atom is -0.506 e. The molecule has 1 saturated heterocycles. The SMILES string of the molecule is CCC1CCCCCN1Cc1nc(C)ccc1O. The fourth-order valence-corrected chi connectivity index (χ4v) is 2.82. The molecular formula is C15H24N2O. The summed E-state index contributed by atoms with van der Waals surface area (Å²) in [5.74, 6) is 0.333. The smallest absolute Gasteiger partial charge is 0.138 e. The van der Waals surface area contributed by atoms with E-state index in [1.54, 1.807) is 6.07 Å². The number of aryl methyl sites for hydroxylation is 1. The van der Waals surface area contributed by atoms with Crippen molar-refractivity contribution in [2.24, 2.45) is 0 Å². The molecule has 0 radical (unpaired) electrons. The highest BCUT2D eigenvalue weighted by Crippen LogP contribution is 2.23. The average Bonchev–Trinajstić information content (AvgIpc) is 2.59. The molecule has 1 unspecified atom stereocenters. The van der Waals surface area contributed by atoms with Gasteiger partial charge >= 0.3 is 0 Å². The normalized spacial score (nSPS) is 21.8. The molecule has 0 amide bonds. The van der Waals surface area contributed by atoms with Gasteiger partial charge in [0.15, 0.2) is 0 Å². The Balaban J connectivity index is 2.12. The molecule has 0 aromatic carbocycles. The predicted octanol–water partition coefficient (Wildman–Crippen LogP) is 3.25. The molecule has 1 aliphatic heterocycles. The van der Waals surface area contributed by atoms with Crippen LogP contribution in [0.4, 0.5) is 0 Å². The second-order valence-electron chi connectivity index (χ2n) is 5.30. The number of hydrogen-bond donors (Lipinski definition) is 1. The van der Waals surface area contributed by atoms with E-state index in [0.717, 1.165) is 24.5 Å². The molecular weight excluding hydrogens is 224 g/mol. The highest BCUT2D eigenvalue weighted by Gasteiger charge is 2.20. The summed E-state index contributed by atoms with van der Waals surface area (Å²) in [6, 6.07) is 4.27. The van der Waals surface area contributed by atoms with Gasteiger partial charge in [-0.25, -0.2) is 0 Å². The summed E-state index contributed by atoms with van der Waals surface area (Å²) in [7, 11) is 0. The standard InChI is InChI=1S/C15H24N2O/c1-3-13-7-5-4-6-10-17(13)11-14-15(18)9-8-12(2)16-14/h8-9,13,18H,3-7,10-11H2,1-2H3. The van der Waals surface area contributed by atoms with Crippen molar-refractivity contribution in [2.45, 2.75) is 58.5 Å². The second-order valence-corrected chi connectivity index (χ2v) is 5.30. The number of aromatic hydroxyl groups is 1. The lowest BCUT2D eigenvalue weighted by Gasteiger charge is -2.29. The summed E-state index contributed by atoms with van der Waals surface area (Å²) >= 11 is 0. The van der Waals surface area contributed by atoms with Crippen molar-refractivity contribution in [1.29, 1.82) is 0 Å². The van der Waals surface area contributed by atoms with Crippen molar-refractivity contribution in [3.63, 3.8) is 0 Å². The lowest BCUT2D eigenvalue weighted by atomic mass is 10.1. The monoisotopic (exact) mass is 248 g/mol. The topological polar surface area (TPSA) is 36.4 Å². The number of nitrogens with zero attached hydrogens (tertiary/aromatic N) is 2. The lowest BCUT2D eigenvalue weighted by Crippen LogP contribution is -2.34. The van der Waals surface area contributed by atoms with Crippen LogP contribution in [0.5, 0.6) is 5.75 Å². The Kier molecular flexibility index (Phi) is 4.59. The molecule has 1 aromatic heterocycles. The minimum absolute atomic E-state index is 0.333. The van der Waals surface area contributed by atoms with Gasteiger partial charge in [-0.05, 0) is 44.9 Å². The van der Waals surface area contributed by atoms with Crippen molar-refractivity contribution in [3.8, 4) is 5.75 Å². The molecule has 1 N–H and O–H groups in total. The van der Waals surface area contributed by atoms with Gasteiger partial charge in [0.1, 0.15) is 5.75 Å². The van der Waals surface area contributed by atoms with E-state index >= 15 is 0 Å². The predicted molar refractivity (Wildman–Crippen MR) is 73.6 cm³/mol. The number of pyridine rings is 1. The Morgan fingerprint density at radius 1 is 1.33 bits per heavy atom. The summed E-state index contributed by atoms with van der Waals surface area (Å²) < 4.78 is 0. The molecule has 3 nitrogen and oxygen atoms in total. The van der Waals surface area contributed by atoms with Crippen molar-refractivity contribution in [3.05, 3.63) is 23.5 Å². The third-order valence-corrected chi connectivity index (χ3v) is 3.91. The number of hydrogen-bond acceptors (Lipinski definition) is 3. The molecule has 0 bridgehead atoms. The lowest BCUT2D eigenvalue weighted by molar-refractivity contribution is 0.182. The van der Waals surface area contributed by atoms with E-state index in [1.807, 2.05) is 13.0 Å². The molecule has 2 heterocycles. The first-order valence-electron chi connectivity index (χ1n) is 7.10. The zero-order chi connectivity index (χ0) is 13.0. The maximum atomic E-state index is 9.91. The van der Waals surface area contributed by atoms with E-state index in [0.29, 0.717) is 11.8 Å². The summed E-state index contributed by atoms with van der Waals surface area (Å²) in [6.07, 6.45) is 6.40. The zero-order valence-electron chi connectivity index (χ0n) is 11.5. The van der Waals surface area contributed by atoms with E-state index < -0.39 is 0 Å². The Morgan fingerprint density at radius 3 is 2.94 bits per heavy atom. The van der Waals surface area contributed by atoms with Gasteiger partial charge in [-0.15, -0.1) is 0 Å². The largest absolute Gasteiger partial charge is 0.506 e. The first-order chi connectivity index (χ1) is 8.70. The van der Waals surface area contributed by atoms with Crippen molar-refractivity contribution in [1.82, 2.24) is 9.88 Å². The summed E-state index contributed by atoms with van der Waals surface area (Å²) in [5.41, 5.74) is 1.81. The van der Waals surface area contributed by atoms with Crippen LogP contribution in [0.2, 0.25) is 0 Å². The van der Waals surface area contributed by atoms with E-state index in [4.69, 9.17) is 0 Å². The molecule has 1 atom stereocenters. The van der Waals surface area contributed by atoms with Gasteiger partial charge in [0.2, 0.25) is 0 Å². The van der Waals surface area contributed by atoms with Crippen molar-refractivity contribution in [2.75, 3.05) is 6.54 Å². The summed E-state index contributed by atoms with van der Waals surface area (Å²) in [4.78, 5) is 6.97. The molecule has 100 valence electrons. The number of aromatic nitrogens is 1. The second kappa shape index (κ2) is 6.19. The van der Waals surface area contributed by atoms with Gasteiger partial charge < -0.3 is 5.11 Å². The maximum absolute atomic E-state index is 9.91. The van der Waals surface area contributed by atoms with Gasteiger partial charge in [-0.1, -0.05) is 19.8 Å². The summed E-state index contributed by atoms with van der Waals surface area (Å²) in [6.45, 7) is 6.15. The van der Waals surface area contributed by atoms with Crippen LogP contribution in [0.15, 0.2) is 12.1 Å². The van der Waals surface area contributed by atoms with Crippen LogP contribution in [0.1, 0.15) is 50.4 Å². The molecule has 1 fully saturated rings. The molecule has 1 aromatic rings. The minimum atomic E-state index is 0.333.